The molecule has 3 aromatic rings. The highest BCUT2D eigenvalue weighted by Gasteiger charge is 2.27. The number of amides is 2. The van der Waals surface area contributed by atoms with Crippen molar-refractivity contribution in [3.63, 3.8) is 0 Å². The molecule has 13 heteroatoms. The lowest BCUT2D eigenvalue weighted by Gasteiger charge is -2.25. The van der Waals surface area contributed by atoms with Crippen LogP contribution in [0.4, 0.5) is 4.79 Å². The number of hydrogen-bond acceptors (Lipinski definition) is 9. The third-order valence-corrected chi connectivity index (χ3v) is 7.60. The predicted octanol–water partition coefficient (Wildman–Crippen LogP) is 3.29. The van der Waals surface area contributed by atoms with Crippen molar-refractivity contribution in [3.05, 3.63) is 64.2 Å². The molecule has 1 aliphatic heterocycles. The minimum absolute atomic E-state index is 0.145. The lowest BCUT2D eigenvalue weighted by Crippen LogP contribution is -2.35. The topological polar surface area (TPSA) is 142 Å². The normalized spacial score (nSPS) is 15.7. The number of carbonyl (C=O) groups is 3. The maximum atomic E-state index is 13.7. The number of nitrogens with zero attached hydrogens (tertiary/aromatic N) is 7. The quantitative estimate of drug-likeness (QED) is 0.263. The summed E-state index contributed by atoms with van der Waals surface area (Å²) in [5.74, 6) is 0.0251. The molecule has 3 aromatic heterocycles. The van der Waals surface area contributed by atoms with Crippen LogP contribution in [0.3, 0.4) is 0 Å². The molecule has 0 radical (unpaired) electrons. The number of pyridine rings is 1. The summed E-state index contributed by atoms with van der Waals surface area (Å²) < 4.78 is 15.1. The highest BCUT2D eigenvalue weighted by molar-refractivity contribution is 5.88. The Kier molecular flexibility index (Phi) is 11.6. The van der Waals surface area contributed by atoms with Crippen molar-refractivity contribution >= 4 is 28.9 Å². The summed E-state index contributed by atoms with van der Waals surface area (Å²) in [7, 11) is 6.33. The number of allylic oxidation sites excluding steroid dienone is 1. The Balaban J connectivity index is 1.59. The summed E-state index contributed by atoms with van der Waals surface area (Å²) in [5, 5.41) is 0. The van der Waals surface area contributed by atoms with Gasteiger partial charge in [0.1, 0.15) is 23.9 Å². The van der Waals surface area contributed by atoms with E-state index in [0.717, 1.165) is 37.8 Å². The van der Waals surface area contributed by atoms with Crippen molar-refractivity contribution in [2.45, 2.75) is 77.2 Å². The Labute approximate surface area is 262 Å². The summed E-state index contributed by atoms with van der Waals surface area (Å²) >= 11 is 0. The molecule has 0 bridgehead atoms. The van der Waals surface area contributed by atoms with Gasteiger partial charge in [0, 0.05) is 53.0 Å². The zero-order chi connectivity index (χ0) is 32.5. The summed E-state index contributed by atoms with van der Waals surface area (Å²) in [4.78, 5) is 67.9. The molecule has 4 heterocycles. The first-order valence-electron chi connectivity index (χ1n) is 15.4. The molecule has 0 aliphatic carbocycles. The lowest BCUT2D eigenvalue weighted by molar-refractivity contribution is -0.127. The van der Waals surface area contributed by atoms with E-state index in [9.17, 15) is 19.2 Å². The number of carbonyl (C=O) groups excluding carboxylic acids is 3. The third-order valence-electron chi connectivity index (χ3n) is 7.60. The number of Topliss-reactive ketones (excluding diaryl/α,β-unsaturated/α-hetero) is 1. The van der Waals surface area contributed by atoms with E-state index in [2.05, 4.69) is 16.9 Å². The van der Waals surface area contributed by atoms with Crippen LogP contribution < -0.4 is 5.56 Å². The molecule has 242 valence electrons. The average molecular weight is 622 g/mol. The van der Waals surface area contributed by atoms with Gasteiger partial charge in [0.15, 0.2) is 17.5 Å². The number of aryl methyl sites for hydroxylation is 1. The second kappa shape index (κ2) is 15.6. The molecule has 1 fully saturated rings. The summed E-state index contributed by atoms with van der Waals surface area (Å²) in [5.41, 5.74) is 2.17. The van der Waals surface area contributed by atoms with Gasteiger partial charge in [-0.15, -0.1) is 0 Å². The van der Waals surface area contributed by atoms with Crippen molar-refractivity contribution in [1.29, 1.82) is 0 Å². The zero-order valence-electron chi connectivity index (χ0n) is 26.8. The lowest BCUT2D eigenvalue weighted by atomic mass is 10.0. The zero-order valence-corrected chi connectivity index (χ0v) is 26.8. The van der Waals surface area contributed by atoms with E-state index in [-0.39, 0.29) is 42.6 Å². The molecule has 1 saturated heterocycles. The molecule has 45 heavy (non-hydrogen) atoms. The van der Waals surface area contributed by atoms with Crippen LogP contribution in [0.5, 0.6) is 0 Å². The number of ketones is 1. The first kappa shape index (κ1) is 33.5. The molecule has 13 nitrogen and oxygen atoms in total. The molecule has 2 atom stereocenters. The highest BCUT2D eigenvalue weighted by atomic mass is 16.6. The summed E-state index contributed by atoms with van der Waals surface area (Å²) in [6.45, 7) is 2.86. The fraction of sp³-hybridized carbons (Fsp3) is 0.531. The van der Waals surface area contributed by atoms with Gasteiger partial charge in [-0.2, -0.15) is 0 Å². The van der Waals surface area contributed by atoms with E-state index in [1.54, 1.807) is 44.8 Å². The number of hydrogen-bond donors (Lipinski definition) is 0. The fourth-order valence-corrected chi connectivity index (χ4v) is 5.15. The van der Waals surface area contributed by atoms with Gasteiger partial charge in [0.25, 0.3) is 5.56 Å². The van der Waals surface area contributed by atoms with Gasteiger partial charge < -0.3 is 23.8 Å². The van der Waals surface area contributed by atoms with Crippen molar-refractivity contribution < 1.29 is 23.9 Å². The predicted molar refractivity (Wildman–Crippen MR) is 168 cm³/mol. The fourth-order valence-electron chi connectivity index (χ4n) is 5.15. The van der Waals surface area contributed by atoms with E-state index >= 15 is 0 Å². The van der Waals surface area contributed by atoms with Crippen LogP contribution >= 0.6 is 0 Å². The molecule has 0 aromatic carbocycles. The van der Waals surface area contributed by atoms with Gasteiger partial charge in [-0.3, -0.25) is 19.0 Å². The van der Waals surface area contributed by atoms with Crippen molar-refractivity contribution in [2.75, 3.05) is 34.8 Å². The Morgan fingerprint density at radius 2 is 1.96 bits per heavy atom. The maximum absolute atomic E-state index is 13.7. The second-order valence-corrected chi connectivity index (χ2v) is 11.6. The van der Waals surface area contributed by atoms with Crippen molar-refractivity contribution in [1.82, 2.24) is 33.9 Å². The van der Waals surface area contributed by atoms with Crippen molar-refractivity contribution in [3.8, 4) is 0 Å². The first-order valence-corrected chi connectivity index (χ1v) is 15.4. The number of rotatable bonds is 13. The van der Waals surface area contributed by atoms with Crippen LogP contribution in [0.2, 0.25) is 0 Å². The summed E-state index contributed by atoms with van der Waals surface area (Å²) in [6.07, 6.45) is 8.99. The molecule has 1 unspecified atom stereocenters. The summed E-state index contributed by atoms with van der Waals surface area (Å²) in [6, 6.07) is 3.32. The van der Waals surface area contributed by atoms with E-state index in [1.165, 1.54) is 34.5 Å². The van der Waals surface area contributed by atoms with Gasteiger partial charge >= 0.3 is 6.09 Å². The Morgan fingerprint density at radius 1 is 1.16 bits per heavy atom. The molecule has 2 amide bonds. The number of likely N-dealkylation sites (N-methyl/N-ethyl adjacent to an activating group) is 1. The SMILES string of the molecule is CCCc1ncnc2c1nc(Cn1cccc(CC(=O)[C@H](CC/C=C/C(=O)N(C)C)OC(=O)N(C)C)c1=O)n2C1CCCCO1. The van der Waals surface area contributed by atoms with E-state index in [0.29, 0.717) is 30.0 Å². The second-order valence-electron chi connectivity index (χ2n) is 11.6. The van der Waals surface area contributed by atoms with E-state index in [4.69, 9.17) is 14.5 Å². The monoisotopic (exact) mass is 621 g/mol. The smallest absolute Gasteiger partial charge is 0.409 e. The Morgan fingerprint density at radius 3 is 2.64 bits per heavy atom. The molecule has 1 aliphatic rings. The molecule has 0 spiro atoms. The minimum Gasteiger partial charge on any atom is -0.438 e. The van der Waals surface area contributed by atoms with Crippen LogP contribution in [0.15, 0.2) is 41.6 Å². The number of fused-ring (bicyclic) bond motifs is 1. The first-order chi connectivity index (χ1) is 21.6. The minimum atomic E-state index is -1.09. The van der Waals surface area contributed by atoms with Crippen LogP contribution in [-0.2, 0) is 38.4 Å². The van der Waals surface area contributed by atoms with Crippen LogP contribution in [0.25, 0.3) is 11.2 Å². The Bertz CT molecular complexity index is 1590. The highest BCUT2D eigenvalue weighted by Crippen LogP contribution is 2.29. The maximum Gasteiger partial charge on any atom is 0.409 e. The van der Waals surface area contributed by atoms with Gasteiger partial charge in [-0.05, 0) is 50.7 Å². The molecule has 4 rings (SSSR count). The van der Waals surface area contributed by atoms with Crippen LogP contribution in [-0.4, -0.2) is 92.6 Å². The standard InChI is InChI=1S/C32H43N7O6/c1-6-12-23-29-30(34-21-33-23)39(28-16-9-10-18-44-28)26(35-29)20-38-17-11-13-22(31(38)42)19-24(40)25(45-32(43)37(4)5)14-7-8-15-27(41)36(2)3/h8,11,13,15,17,21,25,28H,6-7,9-10,12,14,16,18-20H2,1-5H3/b15-8+/t25-,28?/m0/s1. The van der Waals surface area contributed by atoms with Gasteiger partial charge in [-0.1, -0.05) is 25.5 Å². The van der Waals surface area contributed by atoms with Crippen molar-refractivity contribution in [2.24, 2.45) is 0 Å². The Hall–Kier alpha value is -4.39. The molecular weight excluding hydrogens is 578 g/mol. The number of imidazole rings is 1. The van der Waals surface area contributed by atoms with E-state index in [1.807, 2.05) is 4.57 Å². The van der Waals surface area contributed by atoms with Gasteiger partial charge in [0.2, 0.25) is 5.91 Å². The molecular formula is C32H43N7O6. The van der Waals surface area contributed by atoms with Crippen LogP contribution in [0, 0.1) is 0 Å². The van der Waals surface area contributed by atoms with Crippen LogP contribution in [0.1, 0.15) is 68.8 Å². The average Bonchev–Trinajstić information content (AvgIpc) is 3.39. The van der Waals surface area contributed by atoms with Gasteiger partial charge in [0.05, 0.1) is 12.2 Å². The molecule has 0 N–H and O–H groups in total. The number of ether oxygens (including phenoxy) is 2. The largest absolute Gasteiger partial charge is 0.438 e. The van der Waals surface area contributed by atoms with Gasteiger partial charge in [-0.25, -0.2) is 19.7 Å². The van der Waals surface area contributed by atoms with E-state index < -0.39 is 18.0 Å². The number of aromatic nitrogens is 5. The molecule has 0 saturated carbocycles. The third kappa shape index (κ3) is 8.41.